The van der Waals surface area contributed by atoms with Gasteiger partial charge in [0.25, 0.3) is 5.91 Å². The Morgan fingerprint density at radius 3 is 2.16 bits per heavy atom. The molecule has 3 N–H and O–H groups in total. The maximum Gasteiger partial charge on any atom is 0.251 e. The maximum absolute atomic E-state index is 12.0. The number of aliphatic imine (C=N–C) groups is 1. The van der Waals surface area contributed by atoms with E-state index >= 15 is 0 Å². The fourth-order valence-electron chi connectivity index (χ4n) is 2.24. The first-order chi connectivity index (χ1) is 11.7. The van der Waals surface area contributed by atoms with Crippen molar-refractivity contribution in [2.45, 2.75) is 52.5 Å². The first kappa shape index (κ1) is 23.7. The van der Waals surface area contributed by atoms with Gasteiger partial charge in [0.15, 0.2) is 5.96 Å². The highest BCUT2D eigenvalue weighted by Gasteiger charge is 2.04. The van der Waals surface area contributed by atoms with Gasteiger partial charge in [-0.3, -0.25) is 9.79 Å². The number of hydrogen-bond acceptors (Lipinski definition) is 2. The first-order valence-corrected chi connectivity index (χ1v) is 9.02. The fourth-order valence-corrected chi connectivity index (χ4v) is 2.24. The molecular formula is C19H33IN4O. The normalized spacial score (nSPS) is 10.8. The van der Waals surface area contributed by atoms with Crippen molar-refractivity contribution in [3.05, 3.63) is 35.4 Å². The molecule has 1 rings (SSSR count). The Morgan fingerprint density at radius 1 is 0.920 bits per heavy atom. The Bertz CT molecular complexity index is 503. The minimum absolute atomic E-state index is 0. The van der Waals surface area contributed by atoms with Crippen molar-refractivity contribution in [2.24, 2.45) is 4.99 Å². The molecule has 0 aliphatic carbocycles. The third-order valence-corrected chi connectivity index (χ3v) is 3.79. The summed E-state index contributed by atoms with van der Waals surface area (Å²) in [5, 5.41) is 9.53. The number of nitrogens with zero attached hydrogens (tertiary/aromatic N) is 1. The van der Waals surface area contributed by atoms with Gasteiger partial charge in [0.1, 0.15) is 0 Å². The Balaban J connectivity index is 0.00000576. The minimum atomic E-state index is -0.00337. The van der Waals surface area contributed by atoms with Gasteiger partial charge in [-0.1, -0.05) is 45.2 Å². The van der Waals surface area contributed by atoms with E-state index in [-0.39, 0.29) is 29.9 Å². The number of carbonyl (C=O) groups excluding carboxylic acids is 1. The Hall–Kier alpha value is -1.31. The molecule has 0 fully saturated rings. The molecule has 1 amide bonds. The number of guanidine groups is 1. The molecule has 0 heterocycles. The second-order valence-corrected chi connectivity index (χ2v) is 5.87. The summed E-state index contributed by atoms with van der Waals surface area (Å²) < 4.78 is 0. The summed E-state index contributed by atoms with van der Waals surface area (Å²) >= 11 is 0. The summed E-state index contributed by atoms with van der Waals surface area (Å²) in [6, 6.07) is 7.70. The van der Waals surface area contributed by atoms with E-state index in [9.17, 15) is 4.79 Å². The third-order valence-electron chi connectivity index (χ3n) is 3.79. The number of hydrogen-bond donors (Lipinski definition) is 3. The number of halogens is 1. The van der Waals surface area contributed by atoms with Crippen LogP contribution < -0.4 is 16.0 Å². The molecule has 5 nitrogen and oxygen atoms in total. The van der Waals surface area contributed by atoms with Crippen LogP contribution in [0.1, 0.15) is 61.9 Å². The molecule has 1 aromatic carbocycles. The standard InChI is InChI=1S/C19H32N4O.HI/c1-4-6-8-14-22-19(20-3)23-15-16-9-11-17(12-10-16)18(24)21-13-7-5-2;/h9-12H,4-8,13-15H2,1-3H3,(H,21,24)(H2,20,22,23);1H. The van der Waals surface area contributed by atoms with Crippen LogP contribution in [0.3, 0.4) is 0 Å². The zero-order chi connectivity index (χ0) is 17.6. The maximum atomic E-state index is 12.0. The van der Waals surface area contributed by atoms with Gasteiger partial charge in [-0.05, 0) is 30.5 Å². The molecule has 0 spiro atoms. The average Bonchev–Trinajstić information content (AvgIpc) is 2.61. The van der Waals surface area contributed by atoms with Crippen molar-refractivity contribution in [1.82, 2.24) is 16.0 Å². The fraction of sp³-hybridized carbons (Fsp3) is 0.579. The van der Waals surface area contributed by atoms with Crippen LogP contribution in [0.25, 0.3) is 0 Å². The number of unbranched alkanes of at least 4 members (excludes halogenated alkanes) is 3. The minimum Gasteiger partial charge on any atom is -0.356 e. The number of benzene rings is 1. The Morgan fingerprint density at radius 2 is 1.56 bits per heavy atom. The SMILES string of the molecule is CCCCCNC(=NC)NCc1ccc(C(=O)NCCCC)cc1.I. The summed E-state index contributed by atoms with van der Waals surface area (Å²) in [6.07, 6.45) is 5.69. The van der Waals surface area contributed by atoms with Crippen molar-refractivity contribution in [3.8, 4) is 0 Å². The second kappa shape index (κ2) is 15.0. The zero-order valence-electron chi connectivity index (χ0n) is 15.7. The van der Waals surface area contributed by atoms with Crippen LogP contribution in [0.5, 0.6) is 0 Å². The van der Waals surface area contributed by atoms with E-state index < -0.39 is 0 Å². The molecule has 25 heavy (non-hydrogen) atoms. The molecule has 0 aliphatic heterocycles. The van der Waals surface area contributed by atoms with E-state index in [2.05, 4.69) is 34.8 Å². The summed E-state index contributed by atoms with van der Waals surface area (Å²) in [4.78, 5) is 16.2. The van der Waals surface area contributed by atoms with Crippen molar-refractivity contribution in [2.75, 3.05) is 20.1 Å². The lowest BCUT2D eigenvalue weighted by Crippen LogP contribution is -2.37. The number of amides is 1. The highest BCUT2D eigenvalue weighted by atomic mass is 127. The first-order valence-electron chi connectivity index (χ1n) is 9.02. The number of nitrogens with one attached hydrogen (secondary N) is 3. The molecule has 0 bridgehead atoms. The van der Waals surface area contributed by atoms with Gasteiger partial charge in [0.2, 0.25) is 0 Å². The largest absolute Gasteiger partial charge is 0.356 e. The van der Waals surface area contributed by atoms with Crippen LogP contribution >= 0.6 is 24.0 Å². The van der Waals surface area contributed by atoms with E-state index in [4.69, 9.17) is 0 Å². The Labute approximate surface area is 169 Å². The van der Waals surface area contributed by atoms with Crippen LogP contribution in [0.2, 0.25) is 0 Å². The predicted octanol–water partition coefficient (Wildman–Crippen LogP) is 3.69. The quantitative estimate of drug-likeness (QED) is 0.216. The van der Waals surface area contributed by atoms with Crippen LogP contribution in [0, 0.1) is 0 Å². The van der Waals surface area contributed by atoms with Gasteiger partial charge in [-0.25, -0.2) is 0 Å². The van der Waals surface area contributed by atoms with Crippen molar-refractivity contribution < 1.29 is 4.79 Å². The highest BCUT2D eigenvalue weighted by Crippen LogP contribution is 2.04. The third kappa shape index (κ3) is 10.3. The summed E-state index contributed by atoms with van der Waals surface area (Å²) in [7, 11) is 1.78. The van der Waals surface area contributed by atoms with Gasteiger partial charge < -0.3 is 16.0 Å². The lowest BCUT2D eigenvalue weighted by Gasteiger charge is -2.12. The molecule has 0 aliphatic rings. The zero-order valence-corrected chi connectivity index (χ0v) is 18.1. The van der Waals surface area contributed by atoms with Gasteiger partial charge in [0.05, 0.1) is 0 Å². The topological polar surface area (TPSA) is 65.5 Å². The highest BCUT2D eigenvalue weighted by molar-refractivity contribution is 14.0. The van der Waals surface area contributed by atoms with Crippen LogP contribution in [0.4, 0.5) is 0 Å². The van der Waals surface area contributed by atoms with Gasteiger partial charge in [-0.2, -0.15) is 0 Å². The van der Waals surface area contributed by atoms with E-state index in [1.807, 2.05) is 24.3 Å². The molecular weight excluding hydrogens is 427 g/mol. The van der Waals surface area contributed by atoms with Crippen LogP contribution in [0.15, 0.2) is 29.3 Å². The van der Waals surface area contributed by atoms with E-state index in [0.29, 0.717) is 12.1 Å². The molecule has 0 unspecified atom stereocenters. The number of carbonyl (C=O) groups is 1. The predicted molar refractivity (Wildman–Crippen MR) is 117 cm³/mol. The van der Waals surface area contributed by atoms with E-state index in [1.165, 1.54) is 12.8 Å². The average molecular weight is 460 g/mol. The molecule has 6 heteroatoms. The van der Waals surface area contributed by atoms with Gasteiger partial charge >= 0.3 is 0 Å². The molecule has 1 aromatic rings. The molecule has 0 saturated carbocycles. The van der Waals surface area contributed by atoms with Crippen molar-refractivity contribution >= 4 is 35.8 Å². The lowest BCUT2D eigenvalue weighted by molar-refractivity contribution is 0.0953. The summed E-state index contributed by atoms with van der Waals surface area (Å²) in [5.41, 5.74) is 1.83. The molecule has 0 radical (unpaired) electrons. The van der Waals surface area contributed by atoms with Gasteiger partial charge in [-0.15, -0.1) is 24.0 Å². The van der Waals surface area contributed by atoms with E-state index in [1.54, 1.807) is 7.05 Å². The molecule has 0 atom stereocenters. The van der Waals surface area contributed by atoms with E-state index in [0.717, 1.165) is 43.9 Å². The smallest absolute Gasteiger partial charge is 0.251 e. The Kier molecular flexibility index (Phi) is 14.2. The second-order valence-electron chi connectivity index (χ2n) is 5.87. The summed E-state index contributed by atoms with van der Waals surface area (Å²) in [6.45, 7) is 6.66. The molecule has 142 valence electrons. The van der Waals surface area contributed by atoms with Crippen molar-refractivity contribution in [3.63, 3.8) is 0 Å². The number of rotatable bonds is 10. The van der Waals surface area contributed by atoms with Crippen LogP contribution in [-0.4, -0.2) is 32.0 Å². The lowest BCUT2D eigenvalue weighted by atomic mass is 10.1. The van der Waals surface area contributed by atoms with Crippen molar-refractivity contribution in [1.29, 1.82) is 0 Å². The van der Waals surface area contributed by atoms with Gasteiger partial charge in [0, 0.05) is 32.2 Å². The molecule has 0 saturated heterocycles. The summed E-state index contributed by atoms with van der Waals surface area (Å²) in [5.74, 6) is 0.809. The monoisotopic (exact) mass is 460 g/mol. The molecule has 0 aromatic heterocycles. The van der Waals surface area contributed by atoms with Crippen LogP contribution in [-0.2, 0) is 6.54 Å².